The quantitative estimate of drug-likeness (QED) is 0.819. The number of nitrogens with one attached hydrogen (secondary N) is 1. The van der Waals surface area contributed by atoms with Gasteiger partial charge >= 0.3 is 0 Å². The van der Waals surface area contributed by atoms with Crippen molar-refractivity contribution in [2.24, 2.45) is 5.92 Å². The molecule has 0 aliphatic heterocycles. The summed E-state index contributed by atoms with van der Waals surface area (Å²) in [7, 11) is 0. The molecule has 0 unspecified atom stereocenters. The SMILES string of the molecule is c1ccc2c(NCC3CC3)ccnc2c1. The zero-order valence-corrected chi connectivity index (χ0v) is 8.61. The van der Waals surface area contributed by atoms with Crippen molar-refractivity contribution in [3.63, 3.8) is 0 Å². The van der Waals surface area contributed by atoms with Crippen LogP contribution in [-0.4, -0.2) is 11.5 Å². The molecule has 3 rings (SSSR count). The molecule has 2 heteroatoms. The summed E-state index contributed by atoms with van der Waals surface area (Å²) in [6.45, 7) is 1.11. The summed E-state index contributed by atoms with van der Waals surface area (Å²) in [5, 5.41) is 4.73. The minimum absolute atomic E-state index is 0.900. The maximum atomic E-state index is 4.34. The van der Waals surface area contributed by atoms with Crippen molar-refractivity contribution in [1.29, 1.82) is 0 Å². The van der Waals surface area contributed by atoms with Gasteiger partial charge in [-0.3, -0.25) is 4.98 Å². The molecule has 2 nitrogen and oxygen atoms in total. The van der Waals surface area contributed by atoms with E-state index in [4.69, 9.17) is 0 Å². The second-order valence-electron chi connectivity index (χ2n) is 4.20. The molecule has 0 saturated heterocycles. The van der Waals surface area contributed by atoms with Gasteiger partial charge in [-0.15, -0.1) is 0 Å². The summed E-state index contributed by atoms with van der Waals surface area (Å²) in [5.41, 5.74) is 2.28. The summed E-state index contributed by atoms with van der Waals surface area (Å²) in [5.74, 6) is 0.900. The third-order valence-corrected chi connectivity index (χ3v) is 2.93. The highest BCUT2D eigenvalue weighted by Gasteiger charge is 2.20. The maximum Gasteiger partial charge on any atom is 0.0722 e. The first-order valence-corrected chi connectivity index (χ1v) is 5.51. The van der Waals surface area contributed by atoms with Crippen molar-refractivity contribution in [2.75, 3.05) is 11.9 Å². The Kier molecular flexibility index (Phi) is 2.05. The van der Waals surface area contributed by atoms with Crippen molar-refractivity contribution < 1.29 is 0 Å². The van der Waals surface area contributed by atoms with Crippen LogP contribution in [0.5, 0.6) is 0 Å². The number of hydrogen-bond acceptors (Lipinski definition) is 2. The van der Waals surface area contributed by atoms with E-state index in [1.54, 1.807) is 0 Å². The molecule has 1 aliphatic rings. The van der Waals surface area contributed by atoms with Crippen molar-refractivity contribution in [3.8, 4) is 0 Å². The molecule has 15 heavy (non-hydrogen) atoms. The standard InChI is InChI=1S/C13H14N2/c1-2-4-12-11(3-1)13(7-8-14-12)15-9-10-5-6-10/h1-4,7-8,10H,5-6,9H2,(H,14,15). The highest BCUT2D eigenvalue weighted by Crippen LogP contribution is 2.30. The Morgan fingerprint density at radius 2 is 2.07 bits per heavy atom. The predicted octanol–water partition coefficient (Wildman–Crippen LogP) is 3.06. The van der Waals surface area contributed by atoms with E-state index in [0.717, 1.165) is 18.0 Å². The van der Waals surface area contributed by atoms with Crippen LogP contribution in [0.25, 0.3) is 10.9 Å². The van der Waals surface area contributed by atoms with Gasteiger partial charge in [0.1, 0.15) is 0 Å². The lowest BCUT2D eigenvalue weighted by atomic mass is 10.2. The number of aromatic nitrogens is 1. The van der Waals surface area contributed by atoms with Crippen molar-refractivity contribution in [2.45, 2.75) is 12.8 Å². The highest BCUT2D eigenvalue weighted by molar-refractivity contribution is 5.90. The fraction of sp³-hybridized carbons (Fsp3) is 0.308. The highest BCUT2D eigenvalue weighted by atomic mass is 14.9. The number of rotatable bonds is 3. The number of nitrogens with zero attached hydrogens (tertiary/aromatic N) is 1. The lowest BCUT2D eigenvalue weighted by molar-refractivity contribution is 0.890. The van der Waals surface area contributed by atoms with E-state index >= 15 is 0 Å². The Bertz CT molecular complexity index is 469. The molecule has 1 heterocycles. The molecule has 0 spiro atoms. The van der Waals surface area contributed by atoms with Gasteiger partial charge in [0.2, 0.25) is 0 Å². The summed E-state index contributed by atoms with van der Waals surface area (Å²) in [4.78, 5) is 4.34. The van der Waals surface area contributed by atoms with Crippen LogP contribution in [-0.2, 0) is 0 Å². The fourth-order valence-corrected chi connectivity index (χ4v) is 1.83. The van der Waals surface area contributed by atoms with Gasteiger partial charge in [-0.05, 0) is 30.9 Å². The number of fused-ring (bicyclic) bond motifs is 1. The Morgan fingerprint density at radius 3 is 2.93 bits per heavy atom. The molecule has 1 aromatic carbocycles. The van der Waals surface area contributed by atoms with Gasteiger partial charge < -0.3 is 5.32 Å². The normalized spacial score (nSPS) is 15.5. The predicted molar refractivity (Wildman–Crippen MR) is 63.0 cm³/mol. The van der Waals surface area contributed by atoms with E-state index in [2.05, 4.69) is 34.6 Å². The van der Waals surface area contributed by atoms with Gasteiger partial charge in [-0.2, -0.15) is 0 Å². The van der Waals surface area contributed by atoms with E-state index < -0.39 is 0 Å². The fourth-order valence-electron chi connectivity index (χ4n) is 1.83. The second kappa shape index (κ2) is 3.54. The number of benzene rings is 1. The topological polar surface area (TPSA) is 24.9 Å². The second-order valence-corrected chi connectivity index (χ2v) is 4.20. The van der Waals surface area contributed by atoms with Gasteiger partial charge in [0.15, 0.2) is 0 Å². The molecule has 2 aromatic rings. The minimum Gasteiger partial charge on any atom is -0.384 e. The van der Waals surface area contributed by atoms with Crippen LogP contribution < -0.4 is 5.32 Å². The van der Waals surface area contributed by atoms with E-state index in [9.17, 15) is 0 Å². The van der Waals surface area contributed by atoms with Gasteiger partial charge in [0, 0.05) is 23.8 Å². The van der Waals surface area contributed by atoms with Crippen LogP contribution in [0.1, 0.15) is 12.8 Å². The largest absolute Gasteiger partial charge is 0.384 e. The van der Waals surface area contributed by atoms with E-state index in [0.29, 0.717) is 0 Å². The van der Waals surface area contributed by atoms with E-state index in [1.165, 1.54) is 23.9 Å². The Labute approximate surface area is 89.3 Å². The molecule has 1 saturated carbocycles. The minimum atomic E-state index is 0.900. The molecule has 1 N–H and O–H groups in total. The number of pyridine rings is 1. The molecular weight excluding hydrogens is 184 g/mol. The molecule has 0 bridgehead atoms. The molecule has 76 valence electrons. The molecule has 0 amide bonds. The third-order valence-electron chi connectivity index (χ3n) is 2.93. The first-order chi connectivity index (χ1) is 7.43. The average molecular weight is 198 g/mol. The Morgan fingerprint density at radius 1 is 1.20 bits per heavy atom. The summed E-state index contributed by atoms with van der Waals surface area (Å²) < 4.78 is 0. The third kappa shape index (κ3) is 1.80. The van der Waals surface area contributed by atoms with Crippen LogP contribution >= 0.6 is 0 Å². The summed E-state index contributed by atoms with van der Waals surface area (Å²) in [6, 6.07) is 10.3. The van der Waals surface area contributed by atoms with Crippen molar-refractivity contribution in [1.82, 2.24) is 4.98 Å². The van der Waals surface area contributed by atoms with Gasteiger partial charge in [0.25, 0.3) is 0 Å². The molecule has 1 aliphatic carbocycles. The first-order valence-electron chi connectivity index (χ1n) is 5.51. The zero-order valence-electron chi connectivity index (χ0n) is 8.61. The van der Waals surface area contributed by atoms with E-state index in [-0.39, 0.29) is 0 Å². The molecule has 1 fully saturated rings. The van der Waals surface area contributed by atoms with Gasteiger partial charge in [0.05, 0.1) is 5.52 Å². The lowest BCUT2D eigenvalue weighted by Crippen LogP contribution is -2.03. The molecule has 0 atom stereocenters. The Balaban J connectivity index is 1.93. The number of para-hydroxylation sites is 1. The monoisotopic (exact) mass is 198 g/mol. The van der Waals surface area contributed by atoms with Crippen molar-refractivity contribution in [3.05, 3.63) is 36.5 Å². The van der Waals surface area contributed by atoms with Crippen LogP contribution in [0.4, 0.5) is 5.69 Å². The number of hydrogen-bond donors (Lipinski definition) is 1. The first kappa shape index (κ1) is 8.72. The van der Waals surface area contributed by atoms with Crippen LogP contribution in [0, 0.1) is 5.92 Å². The molecule has 0 radical (unpaired) electrons. The molecular formula is C13H14N2. The van der Waals surface area contributed by atoms with Crippen LogP contribution in [0.2, 0.25) is 0 Å². The smallest absolute Gasteiger partial charge is 0.0722 e. The molecule has 1 aromatic heterocycles. The van der Waals surface area contributed by atoms with Gasteiger partial charge in [-0.25, -0.2) is 0 Å². The van der Waals surface area contributed by atoms with Crippen LogP contribution in [0.3, 0.4) is 0 Å². The zero-order chi connectivity index (χ0) is 10.1. The summed E-state index contributed by atoms with van der Waals surface area (Å²) in [6.07, 6.45) is 4.64. The maximum absolute atomic E-state index is 4.34. The van der Waals surface area contributed by atoms with Gasteiger partial charge in [-0.1, -0.05) is 18.2 Å². The number of anilines is 1. The lowest BCUT2D eigenvalue weighted by Gasteiger charge is -2.08. The van der Waals surface area contributed by atoms with E-state index in [1.807, 2.05) is 12.3 Å². The summed E-state index contributed by atoms with van der Waals surface area (Å²) >= 11 is 0. The Hall–Kier alpha value is -1.57. The van der Waals surface area contributed by atoms with Crippen molar-refractivity contribution >= 4 is 16.6 Å². The average Bonchev–Trinajstić information content (AvgIpc) is 3.10. The van der Waals surface area contributed by atoms with Crippen LogP contribution in [0.15, 0.2) is 36.5 Å².